The second-order valence-electron chi connectivity index (χ2n) is 2.72. The molecule has 0 radical (unpaired) electrons. The van der Waals surface area contributed by atoms with Gasteiger partial charge >= 0.3 is 6.18 Å². The van der Waals surface area contributed by atoms with E-state index in [1.165, 1.54) is 12.4 Å². The monoisotopic (exact) mass is 222 g/mol. The fourth-order valence-electron chi connectivity index (χ4n) is 0.803. The molecule has 0 amide bonds. The molecule has 0 aliphatic carbocycles. The lowest BCUT2D eigenvalue weighted by atomic mass is 10.4. The van der Waals surface area contributed by atoms with E-state index in [0.717, 1.165) is 0 Å². The van der Waals surface area contributed by atoms with Gasteiger partial charge in [-0.3, -0.25) is 4.98 Å². The molecule has 0 bridgehead atoms. The first kappa shape index (κ1) is 11.7. The third-order valence-electron chi connectivity index (χ3n) is 1.46. The minimum Gasteiger partial charge on any atom is -0.476 e. The van der Waals surface area contributed by atoms with Crippen molar-refractivity contribution in [3.63, 3.8) is 0 Å². The Balaban J connectivity index is 2.44. The second-order valence-corrected chi connectivity index (χ2v) is 2.72. The number of alkyl halides is 3. The molecule has 1 aromatic heterocycles. The van der Waals surface area contributed by atoms with Crippen LogP contribution in [0.3, 0.4) is 0 Å². The molecule has 0 aliphatic rings. The number of aliphatic hydroxyl groups is 1. The van der Waals surface area contributed by atoms with Gasteiger partial charge in [0.05, 0.1) is 37.7 Å². The first-order valence-electron chi connectivity index (χ1n) is 4.12. The lowest BCUT2D eigenvalue weighted by Crippen LogP contribution is -2.13. The standard InChI is InChI=1S/C8H9F3N2O2/c9-8(10,11)1-2-15-7-4-12-3-6(5-14)13-7/h3-4,14H,1-2,5H2. The Morgan fingerprint density at radius 2 is 2.07 bits per heavy atom. The minimum atomic E-state index is -4.25. The van der Waals surface area contributed by atoms with Crippen molar-refractivity contribution < 1.29 is 23.0 Å². The summed E-state index contributed by atoms with van der Waals surface area (Å²) in [5.41, 5.74) is 0.250. The van der Waals surface area contributed by atoms with Crippen LogP contribution in [0.15, 0.2) is 12.4 Å². The highest BCUT2D eigenvalue weighted by atomic mass is 19.4. The van der Waals surface area contributed by atoms with E-state index in [9.17, 15) is 13.2 Å². The molecule has 1 N–H and O–H groups in total. The molecule has 0 unspecified atom stereocenters. The summed E-state index contributed by atoms with van der Waals surface area (Å²) in [6.45, 7) is -0.837. The predicted octanol–water partition coefficient (Wildman–Crippen LogP) is 1.30. The van der Waals surface area contributed by atoms with Gasteiger partial charge in [-0.2, -0.15) is 13.2 Å². The van der Waals surface area contributed by atoms with E-state index >= 15 is 0 Å². The molecular formula is C8H9F3N2O2. The zero-order valence-corrected chi connectivity index (χ0v) is 7.66. The molecular weight excluding hydrogens is 213 g/mol. The maximum Gasteiger partial charge on any atom is 0.392 e. The van der Waals surface area contributed by atoms with Crippen molar-refractivity contribution in [1.82, 2.24) is 9.97 Å². The average Bonchev–Trinajstić information content (AvgIpc) is 2.16. The zero-order chi connectivity index (χ0) is 11.3. The maximum absolute atomic E-state index is 11.7. The summed E-state index contributed by atoms with van der Waals surface area (Å²) >= 11 is 0. The van der Waals surface area contributed by atoms with Crippen molar-refractivity contribution in [3.8, 4) is 5.88 Å². The molecule has 0 aromatic carbocycles. The highest BCUT2D eigenvalue weighted by Crippen LogP contribution is 2.19. The molecule has 1 rings (SSSR count). The van der Waals surface area contributed by atoms with Gasteiger partial charge in [-0.1, -0.05) is 0 Å². The van der Waals surface area contributed by atoms with Crippen LogP contribution in [0.5, 0.6) is 5.88 Å². The Kier molecular flexibility index (Phi) is 3.84. The van der Waals surface area contributed by atoms with Gasteiger partial charge in [-0.05, 0) is 0 Å². The summed E-state index contributed by atoms with van der Waals surface area (Å²) in [6.07, 6.45) is -2.80. The third kappa shape index (κ3) is 4.59. The van der Waals surface area contributed by atoms with Crippen molar-refractivity contribution in [2.45, 2.75) is 19.2 Å². The Labute approximate surface area is 83.7 Å². The van der Waals surface area contributed by atoms with E-state index in [4.69, 9.17) is 9.84 Å². The molecule has 1 heterocycles. The van der Waals surface area contributed by atoms with Crippen LogP contribution in [0.25, 0.3) is 0 Å². The second kappa shape index (κ2) is 4.92. The van der Waals surface area contributed by atoms with Crippen LogP contribution < -0.4 is 4.74 Å². The van der Waals surface area contributed by atoms with Crippen molar-refractivity contribution in [3.05, 3.63) is 18.1 Å². The van der Waals surface area contributed by atoms with E-state index in [-0.39, 0.29) is 18.2 Å². The van der Waals surface area contributed by atoms with Crippen molar-refractivity contribution in [1.29, 1.82) is 0 Å². The summed E-state index contributed by atoms with van der Waals surface area (Å²) in [6, 6.07) is 0. The van der Waals surface area contributed by atoms with Crippen LogP contribution in [-0.4, -0.2) is 27.9 Å². The normalized spacial score (nSPS) is 11.5. The molecule has 0 aliphatic heterocycles. The Morgan fingerprint density at radius 3 is 2.67 bits per heavy atom. The SMILES string of the molecule is OCc1cncc(OCCC(F)(F)F)n1. The van der Waals surface area contributed by atoms with Gasteiger partial charge in [0.1, 0.15) is 0 Å². The van der Waals surface area contributed by atoms with Crippen LogP contribution >= 0.6 is 0 Å². The molecule has 15 heavy (non-hydrogen) atoms. The van der Waals surface area contributed by atoms with Crippen LogP contribution in [0.1, 0.15) is 12.1 Å². The predicted molar refractivity (Wildman–Crippen MR) is 44.1 cm³/mol. The smallest absolute Gasteiger partial charge is 0.392 e. The largest absolute Gasteiger partial charge is 0.476 e. The summed E-state index contributed by atoms with van der Waals surface area (Å²) in [5.74, 6) is -0.0224. The van der Waals surface area contributed by atoms with Gasteiger partial charge < -0.3 is 9.84 Å². The Morgan fingerprint density at radius 1 is 1.33 bits per heavy atom. The van der Waals surface area contributed by atoms with Crippen molar-refractivity contribution in [2.75, 3.05) is 6.61 Å². The van der Waals surface area contributed by atoms with Crippen LogP contribution in [0.2, 0.25) is 0 Å². The lowest BCUT2D eigenvalue weighted by Gasteiger charge is -2.07. The Bertz CT molecular complexity index is 317. The summed E-state index contributed by atoms with van der Waals surface area (Å²) in [7, 11) is 0. The van der Waals surface area contributed by atoms with E-state index in [1.807, 2.05) is 0 Å². The van der Waals surface area contributed by atoms with E-state index in [0.29, 0.717) is 0 Å². The van der Waals surface area contributed by atoms with E-state index in [2.05, 4.69) is 9.97 Å². The first-order chi connectivity index (χ1) is 7.01. The van der Waals surface area contributed by atoms with Crippen molar-refractivity contribution >= 4 is 0 Å². The molecule has 0 spiro atoms. The average molecular weight is 222 g/mol. The number of aliphatic hydroxyl groups excluding tert-OH is 1. The molecule has 0 fully saturated rings. The topological polar surface area (TPSA) is 55.2 Å². The molecule has 0 atom stereocenters. The zero-order valence-electron chi connectivity index (χ0n) is 7.66. The van der Waals surface area contributed by atoms with Gasteiger partial charge in [0.15, 0.2) is 0 Å². The fraction of sp³-hybridized carbons (Fsp3) is 0.500. The molecule has 1 aromatic rings. The Hall–Kier alpha value is -1.37. The highest BCUT2D eigenvalue weighted by molar-refractivity contribution is 5.07. The molecule has 84 valence electrons. The molecule has 7 heteroatoms. The number of ether oxygens (including phenoxy) is 1. The van der Waals surface area contributed by atoms with Gasteiger partial charge in [-0.15, -0.1) is 0 Å². The molecule has 0 saturated carbocycles. The summed E-state index contributed by atoms with van der Waals surface area (Å²) < 4.78 is 40.0. The van der Waals surface area contributed by atoms with Gasteiger partial charge in [0.2, 0.25) is 5.88 Å². The first-order valence-corrected chi connectivity index (χ1v) is 4.12. The molecule has 0 saturated heterocycles. The van der Waals surface area contributed by atoms with Gasteiger partial charge in [0.25, 0.3) is 0 Å². The molecule has 4 nitrogen and oxygen atoms in total. The minimum absolute atomic E-state index is 0.0224. The maximum atomic E-state index is 11.7. The number of hydrogen-bond acceptors (Lipinski definition) is 4. The quantitative estimate of drug-likeness (QED) is 0.834. The van der Waals surface area contributed by atoms with E-state index in [1.54, 1.807) is 0 Å². The summed E-state index contributed by atoms with van der Waals surface area (Å²) in [5, 5.41) is 8.68. The number of nitrogens with zero attached hydrogens (tertiary/aromatic N) is 2. The van der Waals surface area contributed by atoms with Crippen molar-refractivity contribution in [2.24, 2.45) is 0 Å². The number of halogens is 3. The van der Waals surface area contributed by atoms with Crippen LogP contribution in [-0.2, 0) is 6.61 Å². The van der Waals surface area contributed by atoms with Gasteiger partial charge in [-0.25, -0.2) is 4.98 Å². The fourth-order valence-corrected chi connectivity index (χ4v) is 0.803. The number of aromatic nitrogens is 2. The lowest BCUT2D eigenvalue weighted by molar-refractivity contribution is -0.139. The van der Waals surface area contributed by atoms with Crippen LogP contribution in [0.4, 0.5) is 13.2 Å². The number of hydrogen-bond donors (Lipinski definition) is 1. The van der Waals surface area contributed by atoms with Crippen LogP contribution in [0, 0.1) is 0 Å². The third-order valence-corrected chi connectivity index (χ3v) is 1.46. The highest BCUT2D eigenvalue weighted by Gasteiger charge is 2.26. The van der Waals surface area contributed by atoms with Gasteiger partial charge in [0, 0.05) is 0 Å². The summed E-state index contributed by atoms with van der Waals surface area (Å²) in [4.78, 5) is 7.35. The number of rotatable bonds is 4. The van der Waals surface area contributed by atoms with E-state index < -0.39 is 19.2 Å².